The predicted molar refractivity (Wildman–Crippen MR) is 59.0 cm³/mol. The fraction of sp³-hybridized carbons (Fsp3) is 0.727. The van der Waals surface area contributed by atoms with Gasteiger partial charge in [0.05, 0.1) is 0 Å². The largest absolute Gasteiger partial charge is 0.479 e. The number of ketones is 1. The molecule has 1 atom stereocenters. The van der Waals surface area contributed by atoms with E-state index in [4.69, 9.17) is 5.11 Å². The van der Waals surface area contributed by atoms with Gasteiger partial charge in [-0.05, 0) is 12.8 Å². The van der Waals surface area contributed by atoms with Crippen LogP contribution in [-0.4, -0.2) is 28.3 Å². The van der Waals surface area contributed by atoms with E-state index in [0.29, 0.717) is 6.42 Å². The van der Waals surface area contributed by atoms with E-state index in [1.54, 1.807) is 6.92 Å². The standard InChI is InChI=1S/C11H19NO4/c1-4-6-7-9(14)11(5-2,10(15)16)12-8(3)13/h4-7H2,1-3H3,(H,12,13)(H,15,16). The van der Waals surface area contributed by atoms with Gasteiger partial charge in [0.2, 0.25) is 5.91 Å². The molecule has 0 saturated carbocycles. The Morgan fingerprint density at radius 1 is 1.25 bits per heavy atom. The van der Waals surface area contributed by atoms with Gasteiger partial charge in [-0.3, -0.25) is 9.59 Å². The van der Waals surface area contributed by atoms with Gasteiger partial charge in [0.1, 0.15) is 0 Å². The molecule has 0 fully saturated rings. The van der Waals surface area contributed by atoms with E-state index in [1.807, 2.05) is 6.92 Å². The first kappa shape index (κ1) is 14.6. The van der Waals surface area contributed by atoms with Crippen LogP contribution in [0.4, 0.5) is 0 Å². The first-order valence-electron chi connectivity index (χ1n) is 5.46. The Morgan fingerprint density at radius 3 is 2.12 bits per heavy atom. The molecule has 1 amide bonds. The van der Waals surface area contributed by atoms with Gasteiger partial charge in [0.25, 0.3) is 0 Å². The van der Waals surface area contributed by atoms with Gasteiger partial charge in [0.15, 0.2) is 11.3 Å². The lowest BCUT2D eigenvalue weighted by atomic mass is 9.88. The number of rotatable bonds is 7. The lowest BCUT2D eigenvalue weighted by Gasteiger charge is -2.27. The molecule has 16 heavy (non-hydrogen) atoms. The van der Waals surface area contributed by atoms with Crippen LogP contribution in [0.3, 0.4) is 0 Å². The topological polar surface area (TPSA) is 83.5 Å². The van der Waals surface area contributed by atoms with Crippen molar-refractivity contribution in [1.82, 2.24) is 5.32 Å². The smallest absolute Gasteiger partial charge is 0.337 e. The highest BCUT2D eigenvalue weighted by molar-refractivity contribution is 6.10. The Morgan fingerprint density at radius 2 is 1.81 bits per heavy atom. The summed E-state index contributed by atoms with van der Waals surface area (Å²) in [6.45, 7) is 4.70. The molecule has 92 valence electrons. The minimum Gasteiger partial charge on any atom is -0.479 e. The number of hydrogen-bond donors (Lipinski definition) is 2. The maximum Gasteiger partial charge on any atom is 0.337 e. The summed E-state index contributed by atoms with van der Waals surface area (Å²) in [7, 11) is 0. The van der Waals surface area contributed by atoms with Gasteiger partial charge < -0.3 is 10.4 Å². The summed E-state index contributed by atoms with van der Waals surface area (Å²) >= 11 is 0. The highest BCUT2D eigenvalue weighted by Gasteiger charge is 2.44. The Balaban J connectivity index is 4.95. The lowest BCUT2D eigenvalue weighted by molar-refractivity contribution is -0.153. The van der Waals surface area contributed by atoms with Crippen LogP contribution >= 0.6 is 0 Å². The summed E-state index contributed by atoms with van der Waals surface area (Å²) in [4.78, 5) is 34.0. The molecule has 0 aromatic heterocycles. The number of carbonyl (C=O) groups excluding carboxylic acids is 2. The SMILES string of the molecule is CCCCC(=O)C(CC)(NC(C)=O)C(=O)O. The van der Waals surface area contributed by atoms with Gasteiger partial charge in [-0.2, -0.15) is 0 Å². The summed E-state index contributed by atoms with van der Waals surface area (Å²) in [6, 6.07) is 0. The molecule has 0 saturated heterocycles. The maximum absolute atomic E-state index is 11.8. The molecule has 0 aliphatic rings. The second-order valence-corrected chi connectivity index (χ2v) is 3.77. The first-order chi connectivity index (χ1) is 7.40. The number of amides is 1. The molecule has 0 rings (SSSR count). The number of carbonyl (C=O) groups is 3. The van der Waals surface area contributed by atoms with Crippen LogP contribution < -0.4 is 5.32 Å². The zero-order chi connectivity index (χ0) is 12.8. The van der Waals surface area contributed by atoms with E-state index in [0.717, 1.165) is 6.42 Å². The third kappa shape index (κ3) is 3.32. The van der Waals surface area contributed by atoms with Crippen LogP contribution in [0.15, 0.2) is 0 Å². The molecule has 2 N–H and O–H groups in total. The molecule has 0 aromatic rings. The molecule has 0 aliphatic heterocycles. The van der Waals surface area contributed by atoms with E-state index < -0.39 is 23.2 Å². The molecule has 0 spiro atoms. The maximum atomic E-state index is 11.8. The zero-order valence-electron chi connectivity index (χ0n) is 10.0. The van der Waals surface area contributed by atoms with Crippen molar-refractivity contribution in [3.63, 3.8) is 0 Å². The number of hydrogen-bond acceptors (Lipinski definition) is 3. The van der Waals surface area contributed by atoms with Crippen molar-refractivity contribution >= 4 is 17.7 Å². The summed E-state index contributed by atoms with van der Waals surface area (Å²) in [6.07, 6.45) is 1.68. The third-order valence-corrected chi connectivity index (χ3v) is 2.52. The Bertz CT molecular complexity index is 288. The molecular weight excluding hydrogens is 210 g/mol. The molecule has 0 aliphatic carbocycles. The number of Topliss-reactive ketones (excluding diaryl/α,β-unsaturated/α-hetero) is 1. The van der Waals surface area contributed by atoms with Crippen LogP contribution in [0, 0.1) is 0 Å². The number of unbranched alkanes of at least 4 members (excludes halogenated alkanes) is 1. The number of aliphatic carboxylic acids is 1. The Labute approximate surface area is 95.2 Å². The van der Waals surface area contributed by atoms with Crippen LogP contribution in [0.5, 0.6) is 0 Å². The van der Waals surface area contributed by atoms with Crippen LogP contribution in [0.1, 0.15) is 46.5 Å². The van der Waals surface area contributed by atoms with Crippen molar-refractivity contribution in [2.24, 2.45) is 0 Å². The third-order valence-electron chi connectivity index (χ3n) is 2.52. The van der Waals surface area contributed by atoms with Crippen molar-refractivity contribution in [2.75, 3.05) is 0 Å². The average molecular weight is 229 g/mol. The fourth-order valence-electron chi connectivity index (χ4n) is 1.53. The average Bonchev–Trinajstić information content (AvgIpc) is 2.21. The van der Waals surface area contributed by atoms with Crippen molar-refractivity contribution in [2.45, 2.75) is 52.0 Å². The minimum absolute atomic E-state index is 0.0600. The van der Waals surface area contributed by atoms with Gasteiger partial charge in [0, 0.05) is 13.3 Å². The van der Waals surface area contributed by atoms with E-state index in [1.165, 1.54) is 6.92 Å². The second kappa shape index (κ2) is 6.25. The molecule has 0 heterocycles. The molecule has 0 radical (unpaired) electrons. The molecule has 1 unspecified atom stereocenters. The van der Waals surface area contributed by atoms with E-state index in [2.05, 4.69) is 5.32 Å². The summed E-state index contributed by atoms with van der Waals surface area (Å²) in [5.41, 5.74) is -1.75. The molecule has 0 bridgehead atoms. The van der Waals surface area contributed by atoms with Gasteiger partial charge >= 0.3 is 5.97 Å². The molecular formula is C11H19NO4. The fourth-order valence-corrected chi connectivity index (χ4v) is 1.53. The highest BCUT2D eigenvalue weighted by atomic mass is 16.4. The number of nitrogens with one attached hydrogen (secondary N) is 1. The van der Waals surface area contributed by atoms with Crippen LogP contribution in [-0.2, 0) is 14.4 Å². The zero-order valence-corrected chi connectivity index (χ0v) is 10.0. The van der Waals surface area contributed by atoms with Crippen molar-refractivity contribution in [3.05, 3.63) is 0 Å². The Hall–Kier alpha value is -1.39. The van der Waals surface area contributed by atoms with Crippen molar-refractivity contribution < 1.29 is 19.5 Å². The Kier molecular flexibility index (Phi) is 5.71. The second-order valence-electron chi connectivity index (χ2n) is 3.77. The summed E-state index contributed by atoms with van der Waals surface area (Å²) in [5, 5.41) is 11.4. The van der Waals surface area contributed by atoms with E-state index in [-0.39, 0.29) is 12.8 Å². The molecule has 5 heteroatoms. The molecule has 5 nitrogen and oxygen atoms in total. The van der Waals surface area contributed by atoms with E-state index in [9.17, 15) is 14.4 Å². The van der Waals surface area contributed by atoms with Crippen LogP contribution in [0.2, 0.25) is 0 Å². The molecule has 0 aromatic carbocycles. The van der Waals surface area contributed by atoms with Gasteiger partial charge in [-0.15, -0.1) is 0 Å². The van der Waals surface area contributed by atoms with Crippen molar-refractivity contribution in [1.29, 1.82) is 0 Å². The van der Waals surface area contributed by atoms with Gasteiger partial charge in [-0.1, -0.05) is 20.3 Å². The summed E-state index contributed by atoms with van der Waals surface area (Å²) in [5.74, 6) is -2.22. The predicted octanol–water partition coefficient (Wildman–Crippen LogP) is 1.12. The summed E-state index contributed by atoms with van der Waals surface area (Å²) < 4.78 is 0. The number of carboxylic acids is 1. The quantitative estimate of drug-likeness (QED) is 0.641. The lowest BCUT2D eigenvalue weighted by Crippen LogP contribution is -2.59. The normalized spacial score (nSPS) is 13.9. The van der Waals surface area contributed by atoms with E-state index >= 15 is 0 Å². The first-order valence-corrected chi connectivity index (χ1v) is 5.46. The monoisotopic (exact) mass is 229 g/mol. The number of carboxylic acid groups (broad SMARTS) is 1. The van der Waals surface area contributed by atoms with Crippen molar-refractivity contribution in [3.8, 4) is 0 Å². The van der Waals surface area contributed by atoms with Gasteiger partial charge in [-0.25, -0.2) is 4.79 Å². The highest BCUT2D eigenvalue weighted by Crippen LogP contribution is 2.16. The minimum atomic E-state index is -1.75. The van der Waals surface area contributed by atoms with Crippen LogP contribution in [0.25, 0.3) is 0 Å².